The third-order valence-electron chi connectivity index (χ3n) is 4.76. The van der Waals surface area contributed by atoms with Gasteiger partial charge in [-0.3, -0.25) is 9.78 Å². The number of fused-ring (bicyclic) bond motifs is 1. The van der Waals surface area contributed by atoms with Crippen LogP contribution in [0.1, 0.15) is 27.2 Å². The fourth-order valence-electron chi connectivity index (χ4n) is 3.28. The summed E-state index contributed by atoms with van der Waals surface area (Å²) >= 11 is 0. The number of amides is 1. The van der Waals surface area contributed by atoms with E-state index in [2.05, 4.69) is 15.0 Å². The van der Waals surface area contributed by atoms with Gasteiger partial charge in [-0.2, -0.15) is 0 Å². The smallest absolute Gasteiger partial charge is 0.274 e. The highest BCUT2D eigenvalue weighted by molar-refractivity contribution is 5.92. The van der Waals surface area contributed by atoms with Crippen molar-refractivity contribution < 1.29 is 13.9 Å². The Morgan fingerprint density at radius 2 is 2.07 bits per heavy atom. The molecule has 0 fully saturated rings. The normalized spacial score (nSPS) is 15.8. The lowest BCUT2D eigenvalue weighted by atomic mass is 9.94. The first-order chi connectivity index (χ1) is 13.6. The predicted molar refractivity (Wildman–Crippen MR) is 100 cm³/mol. The van der Waals surface area contributed by atoms with E-state index in [-0.39, 0.29) is 30.1 Å². The highest BCUT2D eigenvalue weighted by atomic mass is 19.1. The van der Waals surface area contributed by atoms with Crippen LogP contribution in [0.15, 0.2) is 55.1 Å². The summed E-state index contributed by atoms with van der Waals surface area (Å²) in [5.74, 6) is -0.0246. The van der Waals surface area contributed by atoms with Gasteiger partial charge in [-0.1, -0.05) is 12.1 Å². The number of pyridine rings is 1. The van der Waals surface area contributed by atoms with Gasteiger partial charge >= 0.3 is 0 Å². The Morgan fingerprint density at radius 3 is 2.82 bits per heavy atom. The summed E-state index contributed by atoms with van der Waals surface area (Å²) in [6.07, 6.45) is 6.67. The van der Waals surface area contributed by atoms with Crippen LogP contribution in [0.3, 0.4) is 0 Å². The molecular formula is C21H19FN4O2. The van der Waals surface area contributed by atoms with Crippen molar-refractivity contribution in [1.82, 2.24) is 19.9 Å². The number of carbonyl (C=O) groups is 1. The summed E-state index contributed by atoms with van der Waals surface area (Å²) in [5.41, 5.74) is 3.11. The van der Waals surface area contributed by atoms with E-state index in [1.165, 1.54) is 30.7 Å². The molecule has 1 amide bonds. The standard InChI is InChI=1S/C21H19FN4O2/c1-14-2-5-20(25-10-14)28-13-18-9-16-8-17(22)4-3-15(16)12-26(18)21(27)19-11-23-6-7-24-19/h2-8,10-11,18H,9,12-13H2,1H3/t18-/m0/s1. The Labute approximate surface area is 162 Å². The Kier molecular flexibility index (Phi) is 4.97. The Bertz CT molecular complexity index is 979. The van der Waals surface area contributed by atoms with Crippen molar-refractivity contribution in [3.8, 4) is 5.88 Å². The third kappa shape index (κ3) is 3.83. The average Bonchev–Trinajstić information content (AvgIpc) is 2.73. The van der Waals surface area contributed by atoms with Crippen molar-refractivity contribution in [2.45, 2.75) is 25.9 Å². The first-order valence-corrected chi connectivity index (χ1v) is 9.00. The molecule has 1 aromatic carbocycles. The number of carbonyl (C=O) groups excluding carboxylic acids is 1. The number of aromatic nitrogens is 3. The zero-order valence-electron chi connectivity index (χ0n) is 15.4. The number of benzene rings is 1. The lowest BCUT2D eigenvalue weighted by molar-refractivity contribution is 0.0556. The highest BCUT2D eigenvalue weighted by Gasteiger charge is 2.32. The predicted octanol–water partition coefficient (Wildman–Crippen LogP) is 2.97. The molecule has 3 aromatic rings. The monoisotopic (exact) mass is 378 g/mol. The second-order valence-electron chi connectivity index (χ2n) is 6.78. The fourth-order valence-corrected chi connectivity index (χ4v) is 3.28. The van der Waals surface area contributed by atoms with E-state index >= 15 is 0 Å². The van der Waals surface area contributed by atoms with E-state index in [0.29, 0.717) is 18.8 Å². The summed E-state index contributed by atoms with van der Waals surface area (Å²) in [6, 6.07) is 8.09. The van der Waals surface area contributed by atoms with Crippen LogP contribution in [0.2, 0.25) is 0 Å². The molecule has 28 heavy (non-hydrogen) atoms. The quantitative estimate of drug-likeness (QED) is 0.698. The molecule has 3 heterocycles. The molecule has 0 saturated heterocycles. The zero-order valence-corrected chi connectivity index (χ0v) is 15.4. The molecule has 142 valence electrons. The molecule has 0 saturated carbocycles. The SMILES string of the molecule is Cc1ccc(OC[C@@H]2Cc3cc(F)ccc3CN2C(=O)c2cnccn2)nc1. The fraction of sp³-hybridized carbons (Fsp3) is 0.238. The van der Waals surface area contributed by atoms with E-state index in [0.717, 1.165) is 16.7 Å². The summed E-state index contributed by atoms with van der Waals surface area (Å²) in [7, 11) is 0. The molecule has 1 atom stereocenters. The summed E-state index contributed by atoms with van der Waals surface area (Å²) in [4.78, 5) is 27.1. The van der Waals surface area contributed by atoms with Crippen molar-refractivity contribution in [3.63, 3.8) is 0 Å². The topological polar surface area (TPSA) is 68.2 Å². The molecule has 6 nitrogen and oxygen atoms in total. The van der Waals surface area contributed by atoms with Gasteiger partial charge in [0.2, 0.25) is 5.88 Å². The first kappa shape index (κ1) is 18.0. The number of ether oxygens (including phenoxy) is 1. The second kappa shape index (κ2) is 7.72. The number of rotatable bonds is 4. The first-order valence-electron chi connectivity index (χ1n) is 9.00. The Morgan fingerprint density at radius 1 is 1.18 bits per heavy atom. The van der Waals surface area contributed by atoms with Gasteiger partial charge in [0.05, 0.1) is 12.2 Å². The van der Waals surface area contributed by atoms with Gasteiger partial charge in [-0.05, 0) is 42.2 Å². The van der Waals surface area contributed by atoms with Crippen LogP contribution in [0.4, 0.5) is 4.39 Å². The van der Waals surface area contributed by atoms with Crippen LogP contribution in [0, 0.1) is 12.7 Å². The molecule has 0 unspecified atom stereocenters. The van der Waals surface area contributed by atoms with Gasteiger partial charge < -0.3 is 9.64 Å². The van der Waals surface area contributed by atoms with Gasteiger partial charge in [0.1, 0.15) is 18.1 Å². The molecule has 2 aromatic heterocycles. The van der Waals surface area contributed by atoms with Crippen LogP contribution in [-0.4, -0.2) is 38.4 Å². The molecule has 0 N–H and O–H groups in total. The van der Waals surface area contributed by atoms with Crippen molar-refractivity contribution in [3.05, 3.63) is 83.3 Å². The summed E-state index contributed by atoms with van der Waals surface area (Å²) in [5, 5.41) is 0. The molecule has 1 aliphatic rings. The molecule has 0 aliphatic carbocycles. The summed E-state index contributed by atoms with van der Waals surface area (Å²) in [6.45, 7) is 2.56. The van der Waals surface area contributed by atoms with Gasteiger partial charge in [0.15, 0.2) is 0 Å². The Hall–Kier alpha value is -3.35. The van der Waals surface area contributed by atoms with Crippen molar-refractivity contribution in [2.24, 2.45) is 0 Å². The maximum Gasteiger partial charge on any atom is 0.274 e. The van der Waals surface area contributed by atoms with Crippen LogP contribution in [0.5, 0.6) is 5.88 Å². The molecule has 4 rings (SSSR count). The number of hydrogen-bond donors (Lipinski definition) is 0. The second-order valence-corrected chi connectivity index (χ2v) is 6.78. The number of nitrogens with zero attached hydrogens (tertiary/aromatic N) is 4. The zero-order chi connectivity index (χ0) is 19.5. The lowest BCUT2D eigenvalue weighted by Gasteiger charge is -2.36. The number of aryl methyl sites for hydroxylation is 1. The van der Waals surface area contributed by atoms with E-state index in [1.807, 2.05) is 13.0 Å². The highest BCUT2D eigenvalue weighted by Crippen LogP contribution is 2.26. The van der Waals surface area contributed by atoms with E-state index in [9.17, 15) is 9.18 Å². The third-order valence-corrected chi connectivity index (χ3v) is 4.76. The number of hydrogen-bond acceptors (Lipinski definition) is 5. The average molecular weight is 378 g/mol. The minimum Gasteiger partial charge on any atom is -0.475 e. The number of halogens is 1. The maximum atomic E-state index is 13.7. The molecule has 0 radical (unpaired) electrons. The van der Waals surface area contributed by atoms with Crippen molar-refractivity contribution in [2.75, 3.05) is 6.61 Å². The van der Waals surface area contributed by atoms with Crippen LogP contribution in [-0.2, 0) is 13.0 Å². The van der Waals surface area contributed by atoms with E-state index < -0.39 is 0 Å². The molecule has 1 aliphatic heterocycles. The van der Waals surface area contributed by atoms with Gasteiger partial charge in [0.25, 0.3) is 5.91 Å². The lowest BCUT2D eigenvalue weighted by Crippen LogP contribution is -2.47. The largest absolute Gasteiger partial charge is 0.475 e. The molecule has 0 spiro atoms. The van der Waals surface area contributed by atoms with E-state index in [4.69, 9.17) is 4.74 Å². The van der Waals surface area contributed by atoms with Crippen LogP contribution in [0.25, 0.3) is 0 Å². The Balaban J connectivity index is 1.59. The van der Waals surface area contributed by atoms with E-state index in [1.54, 1.807) is 23.2 Å². The molecular weight excluding hydrogens is 359 g/mol. The van der Waals surface area contributed by atoms with Gasteiger partial charge in [0, 0.05) is 31.2 Å². The minimum atomic E-state index is -0.285. The van der Waals surface area contributed by atoms with Crippen molar-refractivity contribution in [1.29, 1.82) is 0 Å². The van der Waals surface area contributed by atoms with Crippen LogP contribution >= 0.6 is 0 Å². The maximum absolute atomic E-state index is 13.7. The summed E-state index contributed by atoms with van der Waals surface area (Å²) < 4.78 is 19.5. The van der Waals surface area contributed by atoms with Gasteiger partial charge in [-0.15, -0.1) is 0 Å². The van der Waals surface area contributed by atoms with Crippen molar-refractivity contribution >= 4 is 5.91 Å². The van der Waals surface area contributed by atoms with Crippen LogP contribution < -0.4 is 4.74 Å². The minimum absolute atomic E-state index is 0.228. The molecule has 0 bridgehead atoms. The van der Waals surface area contributed by atoms with Gasteiger partial charge in [-0.25, -0.2) is 14.4 Å². The molecule has 7 heteroatoms.